The topological polar surface area (TPSA) is 43.2 Å². The molecule has 0 aromatic carbocycles. The number of likely N-dealkylation sites (N-methyl/N-ethyl adjacent to an activating group) is 2. The van der Waals surface area contributed by atoms with E-state index in [1.165, 1.54) is 34.6 Å². The van der Waals surface area contributed by atoms with Gasteiger partial charge in [-0.2, -0.15) is 5.10 Å². The van der Waals surface area contributed by atoms with E-state index in [1.807, 2.05) is 63.4 Å². The minimum atomic E-state index is 0.617. The Morgan fingerprint density at radius 1 is 1.17 bits per heavy atom. The van der Waals surface area contributed by atoms with Crippen molar-refractivity contribution >= 4 is 23.9 Å². The summed E-state index contributed by atoms with van der Waals surface area (Å²) in [6.07, 6.45) is 12.5. The molecule has 1 rings (SSSR count). The van der Waals surface area contributed by atoms with E-state index in [9.17, 15) is 0 Å². The van der Waals surface area contributed by atoms with Gasteiger partial charge in [-0.15, -0.1) is 0 Å². The van der Waals surface area contributed by atoms with Crippen molar-refractivity contribution < 1.29 is 0 Å². The van der Waals surface area contributed by atoms with Crippen LogP contribution in [0, 0.1) is 5.92 Å². The van der Waals surface area contributed by atoms with E-state index in [0.717, 1.165) is 25.3 Å². The van der Waals surface area contributed by atoms with Crippen molar-refractivity contribution in [2.75, 3.05) is 33.7 Å². The van der Waals surface area contributed by atoms with Gasteiger partial charge in [0.2, 0.25) is 0 Å². The molecule has 1 N–H and O–H groups in total. The normalized spacial score (nSPS) is 19.1. The van der Waals surface area contributed by atoms with E-state index in [1.54, 1.807) is 0 Å². The lowest BCUT2D eigenvalue weighted by Crippen LogP contribution is -2.30. The van der Waals surface area contributed by atoms with Gasteiger partial charge in [-0.1, -0.05) is 12.2 Å². The van der Waals surface area contributed by atoms with E-state index < -0.39 is 0 Å². The Labute approximate surface area is 188 Å². The van der Waals surface area contributed by atoms with E-state index in [2.05, 4.69) is 59.6 Å². The highest BCUT2D eigenvalue weighted by Gasteiger charge is 2.24. The summed E-state index contributed by atoms with van der Waals surface area (Å²) in [6, 6.07) is 0. The number of rotatable bonds is 10. The molecule has 30 heavy (non-hydrogen) atoms. The highest BCUT2D eigenvalue weighted by Crippen LogP contribution is 2.34. The van der Waals surface area contributed by atoms with Gasteiger partial charge in [-0.05, 0) is 96.5 Å². The van der Waals surface area contributed by atoms with E-state index >= 15 is 0 Å². The number of piperidine rings is 1. The molecule has 1 aliphatic heterocycles. The monoisotopic (exact) mass is 431 g/mol. The molecule has 1 heterocycles. The van der Waals surface area contributed by atoms with Gasteiger partial charge in [0.15, 0.2) is 0 Å². The first-order valence-corrected chi connectivity index (χ1v) is 11.6. The number of allylic oxidation sites excluding steroid dienone is 6. The van der Waals surface area contributed by atoms with Gasteiger partial charge < -0.3 is 5.32 Å². The van der Waals surface area contributed by atoms with Crippen LogP contribution in [0.3, 0.4) is 0 Å². The van der Waals surface area contributed by atoms with E-state index in [-0.39, 0.29) is 0 Å². The maximum Gasteiger partial charge on any atom is 0.0607 e. The molecule has 0 saturated carbocycles. The molecular weight excluding hydrogens is 390 g/mol. The molecule has 5 nitrogen and oxygen atoms in total. The molecule has 0 aromatic rings. The third-order valence-electron chi connectivity index (χ3n) is 5.21. The Morgan fingerprint density at radius 2 is 1.83 bits per heavy atom. The summed E-state index contributed by atoms with van der Waals surface area (Å²) < 4.78 is 2.50. The molecule has 1 aliphatic rings. The molecule has 0 atom stereocenters. The number of aliphatic imine (C=N–C) groups is 1. The molecule has 168 valence electrons. The first-order chi connectivity index (χ1) is 14.4. The van der Waals surface area contributed by atoms with Crippen molar-refractivity contribution in [3.05, 3.63) is 46.2 Å². The van der Waals surface area contributed by atoms with Crippen molar-refractivity contribution in [3.63, 3.8) is 0 Å². The van der Waals surface area contributed by atoms with Crippen molar-refractivity contribution in [3.8, 4) is 0 Å². The van der Waals surface area contributed by atoms with Crippen LogP contribution < -0.4 is 5.32 Å². The van der Waals surface area contributed by atoms with Crippen LogP contribution in [-0.2, 0) is 0 Å². The fraction of sp³-hybridized carbons (Fsp3) is 0.583. The van der Waals surface area contributed by atoms with E-state index in [4.69, 9.17) is 0 Å². The van der Waals surface area contributed by atoms with E-state index in [0.29, 0.717) is 5.92 Å². The second kappa shape index (κ2) is 14.4. The quantitative estimate of drug-likeness (QED) is 0.211. The lowest BCUT2D eigenvalue weighted by molar-refractivity contribution is 0.322. The maximum absolute atomic E-state index is 4.44. The lowest BCUT2D eigenvalue weighted by atomic mass is 9.85. The number of hydrazone groups is 1. The second-order valence-corrected chi connectivity index (χ2v) is 8.86. The van der Waals surface area contributed by atoms with Crippen LogP contribution in [0.5, 0.6) is 0 Å². The van der Waals surface area contributed by atoms with Gasteiger partial charge in [0, 0.05) is 49.7 Å². The SMILES string of the molecule is C\C=C/N=C(C)\C=C(C)/C(=C\C)C1CCN(S/C(C)=C(\CNC)N(C)/N=C\C)CC1. The molecule has 0 aliphatic carbocycles. The molecule has 0 radical (unpaired) electrons. The van der Waals surface area contributed by atoms with Crippen LogP contribution in [0.2, 0.25) is 0 Å². The molecule has 1 fully saturated rings. The summed E-state index contributed by atoms with van der Waals surface area (Å²) in [6.45, 7) is 15.6. The second-order valence-electron chi connectivity index (χ2n) is 7.55. The Hall–Kier alpha value is -1.63. The van der Waals surface area contributed by atoms with Crippen molar-refractivity contribution in [2.45, 2.75) is 54.4 Å². The minimum Gasteiger partial charge on any atom is -0.314 e. The van der Waals surface area contributed by atoms with Crippen LogP contribution in [-0.4, -0.2) is 55.0 Å². The fourth-order valence-corrected chi connectivity index (χ4v) is 4.88. The Bertz CT molecular complexity index is 707. The highest BCUT2D eigenvalue weighted by atomic mass is 32.2. The highest BCUT2D eigenvalue weighted by molar-refractivity contribution is 8.00. The molecule has 6 heteroatoms. The largest absolute Gasteiger partial charge is 0.314 e. The van der Waals surface area contributed by atoms with Crippen LogP contribution in [0.4, 0.5) is 0 Å². The molecule has 0 spiro atoms. The lowest BCUT2D eigenvalue weighted by Gasteiger charge is -2.33. The Morgan fingerprint density at radius 3 is 2.37 bits per heavy atom. The predicted molar refractivity (Wildman–Crippen MR) is 136 cm³/mol. The molecule has 0 amide bonds. The third-order valence-corrected chi connectivity index (χ3v) is 6.34. The summed E-state index contributed by atoms with van der Waals surface area (Å²) in [5.41, 5.74) is 5.07. The summed E-state index contributed by atoms with van der Waals surface area (Å²) in [5.74, 6) is 0.617. The zero-order chi connectivity index (χ0) is 22.5. The number of nitrogens with zero attached hydrogens (tertiary/aromatic N) is 4. The molecular formula is C24H41N5S. The average Bonchev–Trinajstić information content (AvgIpc) is 2.72. The third kappa shape index (κ3) is 8.62. The average molecular weight is 432 g/mol. The molecule has 0 aromatic heterocycles. The van der Waals surface area contributed by atoms with Crippen molar-refractivity contribution in [1.82, 2.24) is 14.6 Å². The minimum absolute atomic E-state index is 0.617. The van der Waals surface area contributed by atoms with Gasteiger partial charge in [-0.3, -0.25) is 10.0 Å². The molecule has 1 saturated heterocycles. The Kier molecular flexibility index (Phi) is 12.7. The number of nitrogens with one attached hydrogen (secondary N) is 1. The fourth-order valence-electron chi connectivity index (χ4n) is 3.79. The van der Waals surface area contributed by atoms with Crippen LogP contribution in [0.1, 0.15) is 54.4 Å². The number of hydrogen-bond acceptors (Lipinski definition) is 6. The van der Waals surface area contributed by atoms with Gasteiger partial charge in [0.05, 0.1) is 5.70 Å². The first-order valence-electron chi connectivity index (χ1n) is 10.9. The smallest absolute Gasteiger partial charge is 0.0607 e. The first kappa shape index (κ1) is 26.4. The van der Waals surface area contributed by atoms with Gasteiger partial charge in [0.25, 0.3) is 0 Å². The Balaban J connectivity index is 2.79. The molecule has 0 bridgehead atoms. The standard InChI is InChI=1S/C24H41N5S/c1-9-14-26-20(5)17-19(4)23(10-2)22-12-15-29(16-13-22)30-21(6)24(18-25-7)28(8)27-11-3/h9-11,14,17,22,25H,12-13,15-16,18H2,1-8H3/b14-9-,19-17-,23-10+,24-21+,26-20-,27-11-. The predicted octanol–water partition coefficient (Wildman–Crippen LogP) is 5.62. The summed E-state index contributed by atoms with van der Waals surface area (Å²) in [7, 11) is 3.99. The summed E-state index contributed by atoms with van der Waals surface area (Å²) in [5, 5.41) is 9.65. The van der Waals surface area contributed by atoms with Crippen molar-refractivity contribution in [2.24, 2.45) is 16.0 Å². The van der Waals surface area contributed by atoms with Gasteiger partial charge in [-0.25, -0.2) is 4.31 Å². The maximum atomic E-state index is 4.44. The van der Waals surface area contributed by atoms with Crippen LogP contribution in [0.15, 0.2) is 56.3 Å². The number of hydrogen-bond donors (Lipinski definition) is 1. The van der Waals surface area contributed by atoms with Gasteiger partial charge in [0.1, 0.15) is 0 Å². The van der Waals surface area contributed by atoms with Crippen LogP contribution in [0.25, 0.3) is 0 Å². The van der Waals surface area contributed by atoms with Crippen LogP contribution >= 0.6 is 11.9 Å². The summed E-state index contributed by atoms with van der Waals surface area (Å²) in [4.78, 5) is 5.74. The van der Waals surface area contributed by atoms with Gasteiger partial charge >= 0.3 is 0 Å². The molecule has 0 unspecified atom stereocenters. The zero-order valence-corrected chi connectivity index (χ0v) is 21.0. The van der Waals surface area contributed by atoms with Crippen molar-refractivity contribution in [1.29, 1.82) is 0 Å². The zero-order valence-electron chi connectivity index (χ0n) is 20.2. The summed E-state index contributed by atoms with van der Waals surface area (Å²) >= 11 is 1.87.